The number of aryl methyl sites for hydroxylation is 2. The van der Waals surface area contributed by atoms with Gasteiger partial charge in [-0.1, -0.05) is 36.0 Å². The van der Waals surface area contributed by atoms with Crippen LogP contribution in [0.15, 0.2) is 64.9 Å². The maximum atomic E-state index is 12.2. The molecule has 0 aliphatic heterocycles. The predicted molar refractivity (Wildman–Crippen MR) is 116 cm³/mol. The molecule has 2 N–H and O–H groups in total. The Bertz CT molecular complexity index is 1060. The Morgan fingerprint density at radius 2 is 1.60 bits per heavy atom. The first-order valence-corrected chi connectivity index (χ1v) is 10.1. The Labute approximate surface area is 178 Å². The lowest BCUT2D eigenvalue weighted by atomic mass is 10.1. The number of rotatable bonds is 7. The molecule has 0 radical (unpaired) electrons. The van der Waals surface area contributed by atoms with E-state index in [1.165, 1.54) is 18.3 Å². The van der Waals surface area contributed by atoms with Crippen molar-refractivity contribution >= 4 is 29.9 Å². The van der Waals surface area contributed by atoms with Gasteiger partial charge in [0.2, 0.25) is 0 Å². The number of aromatic nitrogens is 2. The Morgan fingerprint density at radius 1 is 1.00 bits per heavy atom. The zero-order chi connectivity index (χ0) is 21.5. The monoisotopic (exact) mass is 420 g/mol. The molecule has 30 heavy (non-hydrogen) atoms. The van der Waals surface area contributed by atoms with Crippen molar-refractivity contribution in [2.45, 2.75) is 24.8 Å². The molecule has 0 saturated heterocycles. The SMILES string of the molecule is Cc1cc(C)nc(SCc2ccc(C(=O)N/N=C/c3ccc(C(=O)O)cc3)cc2)n1. The summed E-state index contributed by atoms with van der Waals surface area (Å²) in [5.41, 5.74) is 6.77. The molecule has 1 aromatic heterocycles. The van der Waals surface area contributed by atoms with Crippen LogP contribution in [0.25, 0.3) is 0 Å². The van der Waals surface area contributed by atoms with Gasteiger partial charge >= 0.3 is 5.97 Å². The maximum absolute atomic E-state index is 12.2. The Balaban J connectivity index is 1.53. The average Bonchev–Trinajstić information content (AvgIpc) is 2.72. The summed E-state index contributed by atoms with van der Waals surface area (Å²) in [5, 5.41) is 13.5. The van der Waals surface area contributed by atoms with E-state index in [2.05, 4.69) is 20.5 Å². The highest BCUT2D eigenvalue weighted by atomic mass is 32.2. The number of amides is 1. The van der Waals surface area contributed by atoms with Gasteiger partial charge < -0.3 is 5.11 Å². The molecule has 0 aliphatic carbocycles. The minimum absolute atomic E-state index is 0.193. The van der Waals surface area contributed by atoms with Crippen molar-refractivity contribution in [1.29, 1.82) is 0 Å². The van der Waals surface area contributed by atoms with Crippen LogP contribution in [0, 0.1) is 13.8 Å². The second-order valence-electron chi connectivity index (χ2n) is 6.55. The second kappa shape index (κ2) is 9.80. The number of carboxylic acid groups (broad SMARTS) is 1. The molecule has 0 bridgehead atoms. The first-order valence-electron chi connectivity index (χ1n) is 9.11. The molecular weight excluding hydrogens is 400 g/mol. The van der Waals surface area contributed by atoms with E-state index in [4.69, 9.17) is 5.11 Å². The molecule has 1 heterocycles. The standard InChI is InChI=1S/C22H20N4O3S/c1-14-11-15(2)25-22(24-14)30-13-17-5-7-18(8-6-17)20(27)26-23-12-16-3-9-19(10-4-16)21(28)29/h3-12H,13H2,1-2H3,(H,26,27)(H,28,29)/b23-12+. The van der Waals surface area contributed by atoms with Gasteiger partial charge in [0.15, 0.2) is 5.16 Å². The molecular formula is C22H20N4O3S. The van der Waals surface area contributed by atoms with Crippen molar-refractivity contribution < 1.29 is 14.7 Å². The van der Waals surface area contributed by atoms with Crippen LogP contribution in [0.1, 0.15) is 43.2 Å². The van der Waals surface area contributed by atoms with E-state index in [0.717, 1.165) is 22.1 Å². The number of benzene rings is 2. The first-order chi connectivity index (χ1) is 14.4. The van der Waals surface area contributed by atoms with Gasteiger partial charge in [-0.15, -0.1) is 0 Å². The van der Waals surface area contributed by atoms with Crippen molar-refractivity contribution in [2.75, 3.05) is 0 Å². The van der Waals surface area contributed by atoms with E-state index in [9.17, 15) is 9.59 Å². The molecule has 2 aromatic carbocycles. The highest BCUT2D eigenvalue weighted by Gasteiger charge is 2.06. The molecule has 0 spiro atoms. The number of nitrogens with zero attached hydrogens (tertiary/aromatic N) is 3. The highest BCUT2D eigenvalue weighted by Crippen LogP contribution is 2.20. The molecule has 3 aromatic rings. The number of carbonyl (C=O) groups excluding carboxylic acids is 1. The fourth-order valence-corrected chi connectivity index (χ4v) is 3.51. The third-order valence-electron chi connectivity index (χ3n) is 4.08. The van der Waals surface area contributed by atoms with Crippen LogP contribution in [0.4, 0.5) is 0 Å². The predicted octanol–water partition coefficient (Wildman–Crippen LogP) is 3.85. The zero-order valence-corrected chi connectivity index (χ0v) is 17.3. The van der Waals surface area contributed by atoms with Crippen molar-refractivity contribution in [3.8, 4) is 0 Å². The summed E-state index contributed by atoms with van der Waals surface area (Å²) >= 11 is 1.55. The van der Waals surface area contributed by atoms with Gasteiger partial charge in [0.25, 0.3) is 5.91 Å². The molecule has 0 unspecified atom stereocenters. The molecule has 152 valence electrons. The van der Waals surface area contributed by atoms with Gasteiger partial charge in [0, 0.05) is 22.7 Å². The zero-order valence-electron chi connectivity index (χ0n) is 16.5. The molecule has 0 atom stereocenters. The number of hydrogen-bond donors (Lipinski definition) is 2. The van der Waals surface area contributed by atoms with Gasteiger partial charge in [-0.2, -0.15) is 5.10 Å². The summed E-state index contributed by atoms with van der Waals surface area (Å²) in [6, 6.07) is 15.4. The quantitative estimate of drug-likeness (QED) is 0.260. The summed E-state index contributed by atoms with van der Waals surface area (Å²) < 4.78 is 0. The van der Waals surface area contributed by atoms with Gasteiger partial charge in [0.1, 0.15) is 0 Å². The number of carbonyl (C=O) groups is 2. The Hall–Kier alpha value is -3.52. The van der Waals surface area contributed by atoms with Crippen molar-refractivity contribution in [3.63, 3.8) is 0 Å². The topological polar surface area (TPSA) is 105 Å². The van der Waals surface area contributed by atoms with Crippen molar-refractivity contribution in [3.05, 3.63) is 88.2 Å². The number of nitrogens with one attached hydrogen (secondary N) is 1. The van der Waals surface area contributed by atoms with E-state index < -0.39 is 5.97 Å². The van der Waals surface area contributed by atoms with Crippen LogP contribution in [-0.2, 0) is 5.75 Å². The van der Waals surface area contributed by atoms with Gasteiger partial charge in [0.05, 0.1) is 11.8 Å². The molecule has 3 rings (SSSR count). The smallest absolute Gasteiger partial charge is 0.335 e. The van der Waals surface area contributed by atoms with Crippen LogP contribution in [-0.4, -0.2) is 33.2 Å². The molecule has 0 aliphatic rings. The Morgan fingerprint density at radius 3 is 2.20 bits per heavy atom. The van der Waals surface area contributed by atoms with Crippen LogP contribution in [0.5, 0.6) is 0 Å². The minimum atomic E-state index is -0.991. The fourth-order valence-electron chi connectivity index (χ4n) is 2.60. The summed E-state index contributed by atoms with van der Waals surface area (Å²) in [5.74, 6) is -0.615. The van der Waals surface area contributed by atoms with Gasteiger partial charge in [-0.25, -0.2) is 20.2 Å². The lowest BCUT2D eigenvalue weighted by molar-refractivity contribution is 0.0696. The molecule has 8 heteroatoms. The molecule has 0 fully saturated rings. The largest absolute Gasteiger partial charge is 0.478 e. The minimum Gasteiger partial charge on any atom is -0.478 e. The number of carboxylic acids is 1. The van der Waals surface area contributed by atoms with Crippen LogP contribution in [0.3, 0.4) is 0 Å². The average molecular weight is 420 g/mol. The molecule has 7 nitrogen and oxygen atoms in total. The van der Waals surface area contributed by atoms with Crippen LogP contribution >= 0.6 is 11.8 Å². The van der Waals surface area contributed by atoms with Gasteiger partial charge in [-0.05, 0) is 55.3 Å². The summed E-state index contributed by atoms with van der Waals surface area (Å²) in [7, 11) is 0. The van der Waals surface area contributed by atoms with Gasteiger partial charge in [-0.3, -0.25) is 4.79 Å². The molecule has 0 saturated carbocycles. The lowest BCUT2D eigenvalue weighted by Gasteiger charge is -2.05. The van der Waals surface area contributed by atoms with Crippen LogP contribution in [0.2, 0.25) is 0 Å². The third kappa shape index (κ3) is 5.99. The Kier molecular flexibility index (Phi) is 6.92. The second-order valence-corrected chi connectivity index (χ2v) is 7.49. The number of hydrogen-bond acceptors (Lipinski definition) is 6. The maximum Gasteiger partial charge on any atom is 0.335 e. The third-order valence-corrected chi connectivity index (χ3v) is 5.00. The van der Waals surface area contributed by atoms with Crippen LogP contribution < -0.4 is 5.43 Å². The van der Waals surface area contributed by atoms with E-state index in [1.807, 2.05) is 32.0 Å². The van der Waals surface area contributed by atoms with E-state index in [1.54, 1.807) is 36.0 Å². The first kappa shape index (κ1) is 21.2. The lowest BCUT2D eigenvalue weighted by Crippen LogP contribution is -2.17. The van der Waals surface area contributed by atoms with Crippen molar-refractivity contribution in [1.82, 2.24) is 15.4 Å². The number of thioether (sulfide) groups is 1. The van der Waals surface area contributed by atoms with E-state index in [0.29, 0.717) is 16.9 Å². The summed E-state index contributed by atoms with van der Waals surface area (Å²) in [4.78, 5) is 31.9. The van der Waals surface area contributed by atoms with Crippen molar-refractivity contribution in [2.24, 2.45) is 5.10 Å². The summed E-state index contributed by atoms with van der Waals surface area (Å²) in [6.07, 6.45) is 1.46. The van der Waals surface area contributed by atoms with E-state index in [-0.39, 0.29) is 11.5 Å². The number of aromatic carboxylic acids is 1. The fraction of sp³-hybridized carbons (Fsp3) is 0.136. The summed E-state index contributed by atoms with van der Waals surface area (Å²) in [6.45, 7) is 3.89. The highest BCUT2D eigenvalue weighted by molar-refractivity contribution is 7.98. The van der Waals surface area contributed by atoms with E-state index >= 15 is 0 Å². The molecule has 1 amide bonds. The number of hydrazone groups is 1. The normalized spacial score (nSPS) is 10.9.